The average Bonchev–Trinajstić information content (AvgIpc) is 2.46. The third-order valence-corrected chi connectivity index (χ3v) is 4.40. The minimum Gasteiger partial charge on any atom is -0.325 e. The number of nitrogens with zero attached hydrogens (tertiary/aromatic N) is 2. The number of carbonyl (C=O) groups is 1. The first-order valence-electron chi connectivity index (χ1n) is 7.05. The first kappa shape index (κ1) is 17.1. The van der Waals surface area contributed by atoms with E-state index in [-0.39, 0.29) is 19.0 Å². The molecule has 1 aromatic carbocycles. The predicted molar refractivity (Wildman–Crippen MR) is 89.3 cm³/mol. The second kappa shape index (κ2) is 7.34. The minimum absolute atomic E-state index is 0.128. The molecule has 0 aliphatic carbocycles. The Bertz CT molecular complexity index is 776. The summed E-state index contributed by atoms with van der Waals surface area (Å²) in [5.41, 5.74) is 2.43. The van der Waals surface area contributed by atoms with Crippen LogP contribution in [0.4, 0.5) is 5.69 Å². The molecule has 122 valence electrons. The lowest BCUT2D eigenvalue weighted by Crippen LogP contribution is -2.36. The molecule has 0 bridgehead atoms. The quantitative estimate of drug-likeness (QED) is 0.874. The monoisotopic (exact) mass is 333 g/mol. The van der Waals surface area contributed by atoms with Crippen molar-refractivity contribution in [2.75, 3.05) is 18.1 Å². The lowest BCUT2D eigenvalue weighted by Gasteiger charge is -2.19. The zero-order valence-corrected chi connectivity index (χ0v) is 13.9. The highest BCUT2D eigenvalue weighted by Crippen LogP contribution is 2.11. The number of pyridine rings is 1. The fourth-order valence-corrected chi connectivity index (χ4v) is 2.80. The minimum atomic E-state index is -3.51. The fraction of sp³-hybridized carbons (Fsp3) is 0.250. The van der Waals surface area contributed by atoms with Gasteiger partial charge in [0.15, 0.2) is 0 Å². The van der Waals surface area contributed by atoms with Crippen molar-refractivity contribution in [1.82, 2.24) is 9.29 Å². The Morgan fingerprint density at radius 1 is 1.22 bits per heavy atom. The van der Waals surface area contributed by atoms with Gasteiger partial charge in [-0.1, -0.05) is 12.1 Å². The number of anilines is 1. The SMILES string of the molecule is Cc1cccc(NC(=O)CN(Cc2ccncc2)S(C)(=O)=O)c1. The summed E-state index contributed by atoms with van der Waals surface area (Å²) in [7, 11) is -3.51. The number of aromatic nitrogens is 1. The molecule has 0 aliphatic heterocycles. The van der Waals surface area contributed by atoms with Crippen molar-refractivity contribution in [1.29, 1.82) is 0 Å². The molecule has 1 aromatic heterocycles. The number of hydrogen-bond donors (Lipinski definition) is 1. The van der Waals surface area contributed by atoms with Crippen LogP contribution in [-0.2, 0) is 21.4 Å². The zero-order chi connectivity index (χ0) is 16.9. The third kappa shape index (κ3) is 5.46. The lowest BCUT2D eigenvalue weighted by molar-refractivity contribution is -0.116. The summed E-state index contributed by atoms with van der Waals surface area (Å²) in [5.74, 6) is -0.380. The van der Waals surface area contributed by atoms with Crippen LogP contribution >= 0.6 is 0 Å². The predicted octanol–water partition coefficient (Wildman–Crippen LogP) is 1.79. The van der Waals surface area contributed by atoms with Crippen molar-refractivity contribution < 1.29 is 13.2 Å². The lowest BCUT2D eigenvalue weighted by atomic mass is 10.2. The molecule has 0 unspecified atom stereocenters. The Kier molecular flexibility index (Phi) is 5.46. The van der Waals surface area contributed by atoms with E-state index in [9.17, 15) is 13.2 Å². The van der Waals surface area contributed by atoms with E-state index in [1.54, 1.807) is 30.6 Å². The van der Waals surface area contributed by atoms with Crippen molar-refractivity contribution in [3.8, 4) is 0 Å². The van der Waals surface area contributed by atoms with Gasteiger partial charge in [-0.05, 0) is 42.3 Å². The molecule has 1 heterocycles. The number of aryl methyl sites for hydroxylation is 1. The number of rotatable bonds is 6. The molecule has 0 atom stereocenters. The normalized spacial score (nSPS) is 11.4. The van der Waals surface area contributed by atoms with E-state index >= 15 is 0 Å². The van der Waals surface area contributed by atoms with Crippen LogP contribution in [0.1, 0.15) is 11.1 Å². The molecular formula is C16H19N3O3S. The van der Waals surface area contributed by atoms with E-state index in [1.807, 2.05) is 25.1 Å². The highest BCUT2D eigenvalue weighted by Gasteiger charge is 2.20. The average molecular weight is 333 g/mol. The summed E-state index contributed by atoms with van der Waals surface area (Å²) in [5, 5.41) is 2.71. The van der Waals surface area contributed by atoms with Gasteiger partial charge in [0.2, 0.25) is 15.9 Å². The van der Waals surface area contributed by atoms with Crippen LogP contribution in [0.15, 0.2) is 48.8 Å². The van der Waals surface area contributed by atoms with Gasteiger partial charge in [-0.2, -0.15) is 4.31 Å². The second-order valence-corrected chi connectivity index (χ2v) is 7.29. The van der Waals surface area contributed by atoms with E-state index in [2.05, 4.69) is 10.3 Å². The zero-order valence-electron chi connectivity index (χ0n) is 13.1. The Balaban J connectivity index is 2.07. The maximum Gasteiger partial charge on any atom is 0.239 e. The van der Waals surface area contributed by atoms with Gasteiger partial charge in [-0.3, -0.25) is 9.78 Å². The maximum atomic E-state index is 12.1. The van der Waals surface area contributed by atoms with Crippen LogP contribution in [0.25, 0.3) is 0 Å². The van der Waals surface area contributed by atoms with Crippen LogP contribution in [0.5, 0.6) is 0 Å². The van der Waals surface area contributed by atoms with Crippen LogP contribution in [0, 0.1) is 6.92 Å². The fourth-order valence-electron chi connectivity index (χ4n) is 2.07. The second-order valence-electron chi connectivity index (χ2n) is 5.30. The topological polar surface area (TPSA) is 79.4 Å². The molecule has 6 nitrogen and oxygen atoms in total. The standard InChI is InChI=1S/C16H19N3O3S/c1-13-4-3-5-15(10-13)18-16(20)12-19(23(2,21)22)11-14-6-8-17-9-7-14/h3-10H,11-12H2,1-2H3,(H,18,20). The summed E-state index contributed by atoms with van der Waals surface area (Å²) >= 11 is 0. The van der Waals surface area contributed by atoms with Crippen molar-refractivity contribution in [2.24, 2.45) is 0 Å². The van der Waals surface area contributed by atoms with Gasteiger partial charge in [0.05, 0.1) is 12.8 Å². The molecule has 0 fully saturated rings. The highest BCUT2D eigenvalue weighted by atomic mass is 32.2. The number of amides is 1. The summed E-state index contributed by atoms with van der Waals surface area (Å²) in [6.07, 6.45) is 4.26. The Morgan fingerprint density at radius 2 is 1.91 bits per heavy atom. The highest BCUT2D eigenvalue weighted by molar-refractivity contribution is 7.88. The molecule has 0 aliphatic rings. The molecule has 1 N–H and O–H groups in total. The maximum absolute atomic E-state index is 12.1. The number of hydrogen-bond acceptors (Lipinski definition) is 4. The molecule has 2 aromatic rings. The molecule has 0 saturated heterocycles. The summed E-state index contributed by atoms with van der Waals surface area (Å²) in [4.78, 5) is 16.0. The third-order valence-electron chi connectivity index (χ3n) is 3.20. The Morgan fingerprint density at radius 3 is 2.52 bits per heavy atom. The first-order valence-corrected chi connectivity index (χ1v) is 8.90. The molecular weight excluding hydrogens is 314 g/mol. The van der Waals surface area contributed by atoms with Crippen molar-refractivity contribution in [2.45, 2.75) is 13.5 Å². The van der Waals surface area contributed by atoms with Gasteiger partial charge in [0.25, 0.3) is 0 Å². The van der Waals surface area contributed by atoms with Crippen molar-refractivity contribution >= 4 is 21.6 Å². The molecule has 1 amide bonds. The van der Waals surface area contributed by atoms with Gasteiger partial charge < -0.3 is 5.32 Å². The van der Waals surface area contributed by atoms with Gasteiger partial charge in [0.1, 0.15) is 0 Å². The van der Waals surface area contributed by atoms with Gasteiger partial charge in [-0.15, -0.1) is 0 Å². The van der Waals surface area contributed by atoms with Crippen LogP contribution < -0.4 is 5.32 Å². The summed E-state index contributed by atoms with van der Waals surface area (Å²) in [6, 6.07) is 10.8. The Hall–Kier alpha value is -2.25. The molecule has 2 rings (SSSR count). The van der Waals surface area contributed by atoms with Crippen LogP contribution in [-0.4, -0.2) is 36.4 Å². The molecule has 0 saturated carbocycles. The van der Waals surface area contributed by atoms with Gasteiger partial charge in [-0.25, -0.2) is 8.42 Å². The van der Waals surface area contributed by atoms with E-state index in [0.717, 1.165) is 21.7 Å². The molecule has 7 heteroatoms. The van der Waals surface area contributed by atoms with E-state index in [4.69, 9.17) is 0 Å². The number of sulfonamides is 1. The first-order chi connectivity index (χ1) is 10.8. The summed E-state index contributed by atoms with van der Waals surface area (Å²) < 4.78 is 24.9. The van der Waals surface area contributed by atoms with E-state index < -0.39 is 10.0 Å². The number of nitrogens with one attached hydrogen (secondary N) is 1. The summed E-state index contributed by atoms with van der Waals surface area (Å²) in [6.45, 7) is 1.81. The largest absolute Gasteiger partial charge is 0.325 e. The van der Waals surface area contributed by atoms with E-state index in [1.165, 1.54) is 0 Å². The smallest absolute Gasteiger partial charge is 0.239 e. The van der Waals surface area contributed by atoms with E-state index in [0.29, 0.717) is 5.69 Å². The van der Waals surface area contributed by atoms with Crippen LogP contribution in [0.3, 0.4) is 0 Å². The Labute approximate surface area is 136 Å². The van der Waals surface area contributed by atoms with Gasteiger partial charge in [0, 0.05) is 24.6 Å². The molecule has 0 spiro atoms. The molecule has 0 radical (unpaired) electrons. The van der Waals surface area contributed by atoms with Gasteiger partial charge >= 0.3 is 0 Å². The molecule has 23 heavy (non-hydrogen) atoms. The van der Waals surface area contributed by atoms with Crippen molar-refractivity contribution in [3.05, 3.63) is 59.9 Å². The van der Waals surface area contributed by atoms with Crippen molar-refractivity contribution in [3.63, 3.8) is 0 Å². The number of benzene rings is 1. The van der Waals surface area contributed by atoms with Crippen LogP contribution in [0.2, 0.25) is 0 Å². The number of carbonyl (C=O) groups excluding carboxylic acids is 1.